The molecule has 0 saturated carbocycles. The van der Waals surface area contributed by atoms with Gasteiger partial charge in [0, 0.05) is 0 Å². The first-order valence-corrected chi connectivity index (χ1v) is 3.14. The van der Waals surface area contributed by atoms with Gasteiger partial charge in [-0.2, -0.15) is 0 Å². The smallest absolute Gasteiger partial charge is 0.00199 e. The molecule has 1 aliphatic carbocycles. The van der Waals surface area contributed by atoms with Crippen LogP contribution in [0, 0.1) is 0 Å². The molecule has 0 radical (unpaired) electrons. The molecule has 1 aromatic rings. The van der Waals surface area contributed by atoms with E-state index >= 15 is 0 Å². The molecule has 0 bridgehead atoms. The molecule has 0 fully saturated rings. The molecule has 0 amide bonds. The van der Waals surface area contributed by atoms with E-state index in [1.54, 1.807) is 0 Å². The maximum absolute atomic E-state index is 3.70. The number of hydrogen-bond acceptors (Lipinski definition) is 0. The highest BCUT2D eigenvalue weighted by Crippen LogP contribution is 2.28. The second-order valence-corrected chi connectivity index (χ2v) is 2.41. The van der Waals surface area contributed by atoms with E-state index in [4.69, 9.17) is 0 Å². The fraction of sp³-hybridized carbons (Fsp3) is 0.111. The van der Waals surface area contributed by atoms with Gasteiger partial charge in [-0.3, -0.25) is 0 Å². The summed E-state index contributed by atoms with van der Waals surface area (Å²) in [4.78, 5) is 0. The van der Waals surface area contributed by atoms with Crippen molar-refractivity contribution < 1.29 is 0 Å². The molecule has 0 saturated heterocycles. The van der Waals surface area contributed by atoms with Gasteiger partial charge in [-0.25, -0.2) is 0 Å². The molecule has 44 valence electrons. The molecule has 0 N–H and O–H groups in total. The summed E-state index contributed by atoms with van der Waals surface area (Å²) in [5.74, 6) is 0. The first-order chi connectivity index (χ1) is 4.40. The van der Waals surface area contributed by atoms with Crippen molar-refractivity contribution in [3.05, 3.63) is 41.5 Å². The van der Waals surface area contributed by atoms with Crippen molar-refractivity contribution >= 4 is 6.08 Å². The molecule has 1 aliphatic rings. The van der Waals surface area contributed by atoms with Crippen LogP contribution in [0.1, 0.15) is 16.7 Å². The predicted molar refractivity (Wildman–Crippen MR) is 39.3 cm³/mol. The number of fused-ring (bicyclic) bond motifs is 1. The zero-order valence-corrected chi connectivity index (χ0v) is 5.22. The minimum atomic E-state index is 1.20. The zero-order chi connectivity index (χ0) is 6.27. The number of rotatable bonds is 1. The summed E-state index contributed by atoms with van der Waals surface area (Å²) in [7, 11) is 0. The zero-order valence-electron chi connectivity index (χ0n) is 5.22. The summed E-state index contributed by atoms with van der Waals surface area (Å²) in [6.45, 7) is 3.70. The van der Waals surface area contributed by atoms with Crippen molar-refractivity contribution in [2.24, 2.45) is 0 Å². The maximum atomic E-state index is 3.70. The van der Waals surface area contributed by atoms with Crippen LogP contribution in [0.3, 0.4) is 0 Å². The van der Waals surface area contributed by atoms with Gasteiger partial charge in [0.25, 0.3) is 0 Å². The summed E-state index contributed by atoms with van der Waals surface area (Å²) < 4.78 is 0. The van der Waals surface area contributed by atoms with E-state index in [1.165, 1.54) is 23.1 Å². The average molecular weight is 116 g/mol. The molecule has 0 aromatic heterocycles. The second kappa shape index (κ2) is 1.47. The molecule has 0 heterocycles. The van der Waals surface area contributed by atoms with Crippen LogP contribution >= 0.6 is 0 Å². The van der Waals surface area contributed by atoms with Gasteiger partial charge in [0.15, 0.2) is 0 Å². The maximum Gasteiger partial charge on any atom is -0.00199 e. The molecule has 0 unspecified atom stereocenters. The Bertz CT molecular complexity index is 259. The third-order valence-electron chi connectivity index (χ3n) is 1.72. The average Bonchev–Trinajstić information content (AvgIpc) is 2.64. The number of benzene rings is 1. The van der Waals surface area contributed by atoms with E-state index in [9.17, 15) is 0 Å². The Morgan fingerprint density at radius 1 is 1.33 bits per heavy atom. The van der Waals surface area contributed by atoms with Gasteiger partial charge in [-0.05, 0) is 23.1 Å². The minimum Gasteiger partial charge on any atom is -0.0985 e. The highest BCUT2D eigenvalue weighted by molar-refractivity contribution is 5.56. The monoisotopic (exact) mass is 116 g/mol. The van der Waals surface area contributed by atoms with Gasteiger partial charge in [-0.15, -0.1) is 0 Å². The highest BCUT2D eigenvalue weighted by Gasteiger charge is 2.14. The van der Waals surface area contributed by atoms with Crippen LogP contribution < -0.4 is 0 Å². The first kappa shape index (κ1) is 4.80. The van der Waals surface area contributed by atoms with Gasteiger partial charge in [0.1, 0.15) is 0 Å². The van der Waals surface area contributed by atoms with E-state index in [0.717, 1.165) is 0 Å². The highest BCUT2D eigenvalue weighted by atomic mass is 14.2. The van der Waals surface area contributed by atoms with Crippen molar-refractivity contribution in [3.8, 4) is 0 Å². The summed E-state index contributed by atoms with van der Waals surface area (Å²) in [6, 6.07) is 6.48. The fourth-order valence-corrected chi connectivity index (χ4v) is 1.04. The Morgan fingerprint density at radius 3 is 2.89 bits per heavy atom. The molecule has 0 atom stereocenters. The van der Waals surface area contributed by atoms with Crippen molar-refractivity contribution in [3.63, 3.8) is 0 Å². The third-order valence-corrected chi connectivity index (χ3v) is 1.72. The van der Waals surface area contributed by atoms with Crippen LogP contribution in [-0.4, -0.2) is 0 Å². The van der Waals surface area contributed by atoms with Gasteiger partial charge in [-0.1, -0.05) is 30.9 Å². The van der Waals surface area contributed by atoms with Crippen molar-refractivity contribution in [2.75, 3.05) is 0 Å². The molecule has 0 aliphatic heterocycles. The summed E-state index contributed by atoms with van der Waals surface area (Å²) in [5.41, 5.74) is 4.24. The summed E-state index contributed by atoms with van der Waals surface area (Å²) in [6.07, 6.45) is 3.09. The van der Waals surface area contributed by atoms with Crippen molar-refractivity contribution in [2.45, 2.75) is 6.42 Å². The minimum absolute atomic E-state index is 1.20. The Kier molecular flexibility index (Phi) is 0.786. The topological polar surface area (TPSA) is 0 Å². The van der Waals surface area contributed by atoms with E-state index < -0.39 is 0 Å². The van der Waals surface area contributed by atoms with Crippen LogP contribution in [-0.2, 0) is 6.42 Å². The van der Waals surface area contributed by atoms with E-state index in [2.05, 4.69) is 24.8 Å². The van der Waals surface area contributed by atoms with Crippen LogP contribution in [0.4, 0.5) is 0 Å². The fourth-order valence-electron chi connectivity index (χ4n) is 1.04. The summed E-state index contributed by atoms with van der Waals surface area (Å²) in [5, 5.41) is 0. The Labute approximate surface area is 54.8 Å². The van der Waals surface area contributed by atoms with Gasteiger partial charge >= 0.3 is 0 Å². The Balaban J connectivity index is 2.55. The Hall–Kier alpha value is -1.04. The lowest BCUT2D eigenvalue weighted by molar-refractivity contribution is 1.61. The van der Waals surface area contributed by atoms with Crippen LogP contribution in [0.2, 0.25) is 0 Å². The lowest BCUT2D eigenvalue weighted by Gasteiger charge is -1.84. The lowest BCUT2D eigenvalue weighted by Crippen LogP contribution is -1.64. The van der Waals surface area contributed by atoms with E-state index in [-0.39, 0.29) is 0 Å². The van der Waals surface area contributed by atoms with Crippen molar-refractivity contribution in [1.82, 2.24) is 0 Å². The van der Waals surface area contributed by atoms with Gasteiger partial charge in [0.2, 0.25) is 0 Å². The quantitative estimate of drug-likeness (QED) is 0.536. The van der Waals surface area contributed by atoms with Crippen molar-refractivity contribution in [1.29, 1.82) is 0 Å². The standard InChI is InChI=1S/C9H8/c1-2-7-3-4-8-6-9(8)5-7/h2-5H,1,6H2. The largest absolute Gasteiger partial charge is 0.0985 e. The van der Waals surface area contributed by atoms with Gasteiger partial charge < -0.3 is 0 Å². The van der Waals surface area contributed by atoms with Crippen LogP contribution in [0.25, 0.3) is 6.08 Å². The number of hydrogen-bond donors (Lipinski definition) is 0. The lowest BCUT2D eigenvalue weighted by atomic mass is 10.2. The van der Waals surface area contributed by atoms with Gasteiger partial charge in [0.05, 0.1) is 0 Å². The van der Waals surface area contributed by atoms with Crippen LogP contribution in [0.5, 0.6) is 0 Å². The van der Waals surface area contributed by atoms with Crippen LogP contribution in [0.15, 0.2) is 24.8 Å². The molecular formula is C9H8. The second-order valence-electron chi connectivity index (χ2n) is 2.41. The van der Waals surface area contributed by atoms with E-state index in [0.29, 0.717) is 0 Å². The normalized spacial score (nSPS) is 12.4. The Morgan fingerprint density at radius 2 is 2.22 bits per heavy atom. The summed E-state index contributed by atoms with van der Waals surface area (Å²) >= 11 is 0. The molecule has 1 aromatic carbocycles. The predicted octanol–water partition coefficient (Wildman–Crippen LogP) is 2.23. The molecule has 0 heteroatoms. The SMILES string of the molecule is C=Cc1ccc2c(c1)C2. The molecule has 0 nitrogen and oxygen atoms in total. The van der Waals surface area contributed by atoms with E-state index in [1.807, 2.05) is 6.08 Å². The first-order valence-electron chi connectivity index (χ1n) is 3.14. The third kappa shape index (κ3) is 0.672. The molecular weight excluding hydrogens is 108 g/mol. The molecule has 9 heavy (non-hydrogen) atoms. The molecule has 0 spiro atoms. The molecule has 2 rings (SSSR count).